The van der Waals surface area contributed by atoms with Crippen LogP contribution in [0, 0.1) is 11.3 Å². The van der Waals surface area contributed by atoms with Crippen molar-refractivity contribution in [3.05, 3.63) is 56.8 Å². The Bertz CT molecular complexity index is 1650. The Hall–Kier alpha value is -3.35. The molecule has 2 aliphatic heterocycles. The number of phenols is 1. The number of hydrogen-bond donors (Lipinski definition) is 9. The van der Waals surface area contributed by atoms with E-state index in [-0.39, 0.29) is 29.2 Å². The third-order valence-corrected chi connectivity index (χ3v) is 9.68. The molecule has 15 heteroatoms. The lowest BCUT2D eigenvalue weighted by atomic mass is 9.74. The minimum atomic E-state index is -1.93. The Morgan fingerprint density at radius 2 is 1.67 bits per heavy atom. The molecule has 1 saturated carbocycles. The van der Waals surface area contributed by atoms with Crippen molar-refractivity contribution in [3.8, 4) is 5.75 Å². The third-order valence-electron chi connectivity index (χ3n) is 9.68. The molecule has 15 nitrogen and oxygen atoms in total. The van der Waals surface area contributed by atoms with Gasteiger partial charge in [0.25, 0.3) is 0 Å². The van der Waals surface area contributed by atoms with Crippen LogP contribution in [0.25, 0.3) is 16.8 Å². The van der Waals surface area contributed by atoms with E-state index >= 15 is 0 Å². The van der Waals surface area contributed by atoms with Crippen LogP contribution < -0.4 is 11.2 Å². The molecular formula is C31H35NO14. The molecule has 248 valence electrons. The number of hydrogen-bond acceptors (Lipinski definition) is 15. The molecule has 0 aromatic heterocycles. The van der Waals surface area contributed by atoms with Gasteiger partial charge in [0.2, 0.25) is 0 Å². The molecule has 2 saturated heterocycles. The highest BCUT2D eigenvalue weighted by Crippen LogP contribution is 2.44. The van der Waals surface area contributed by atoms with Crippen LogP contribution in [-0.2, 0) is 30.2 Å². The van der Waals surface area contributed by atoms with Gasteiger partial charge in [-0.2, -0.15) is 0 Å². The van der Waals surface area contributed by atoms with E-state index in [2.05, 4.69) is 4.74 Å². The summed E-state index contributed by atoms with van der Waals surface area (Å²) in [6.07, 6.45) is -11.4. The highest BCUT2D eigenvalue weighted by molar-refractivity contribution is 6.14. The quantitative estimate of drug-likeness (QED) is 0.109. The summed E-state index contributed by atoms with van der Waals surface area (Å²) < 4.78 is 15.6. The largest absolute Gasteiger partial charge is 0.507 e. The van der Waals surface area contributed by atoms with Gasteiger partial charge in [0.15, 0.2) is 17.1 Å². The van der Waals surface area contributed by atoms with Crippen molar-refractivity contribution < 1.29 is 64.7 Å². The first kappa shape index (κ1) is 32.6. The van der Waals surface area contributed by atoms with Crippen LogP contribution in [0.4, 0.5) is 0 Å². The van der Waals surface area contributed by atoms with Crippen LogP contribution in [-0.4, -0.2) is 115 Å². The van der Waals surface area contributed by atoms with E-state index in [1.165, 1.54) is 24.3 Å². The molecule has 2 aromatic rings. The van der Waals surface area contributed by atoms with Crippen molar-refractivity contribution in [2.24, 2.45) is 17.1 Å². The molecule has 4 bridgehead atoms. The Morgan fingerprint density at radius 3 is 2.35 bits per heavy atom. The Balaban J connectivity index is 1.36. The Kier molecular flexibility index (Phi) is 8.52. The van der Waals surface area contributed by atoms with Gasteiger partial charge in [-0.3, -0.25) is 14.4 Å². The number of esters is 2. The number of ether oxygens (including phenoxy) is 3. The lowest BCUT2D eigenvalue weighted by Gasteiger charge is -2.38. The van der Waals surface area contributed by atoms with E-state index in [1.54, 1.807) is 6.07 Å². The van der Waals surface area contributed by atoms with E-state index in [1.807, 2.05) is 0 Å². The maximum Gasteiger partial charge on any atom is 0.331 e. The average Bonchev–Trinajstić information content (AvgIpc) is 3.13. The third kappa shape index (κ3) is 5.13. The first-order valence-corrected chi connectivity index (χ1v) is 14.8. The van der Waals surface area contributed by atoms with Crippen molar-refractivity contribution in [2.75, 3.05) is 13.2 Å². The van der Waals surface area contributed by atoms with Crippen molar-refractivity contribution in [3.63, 3.8) is 0 Å². The number of benzene rings is 1. The van der Waals surface area contributed by atoms with Crippen LogP contribution in [0.15, 0.2) is 34.6 Å². The zero-order chi connectivity index (χ0) is 33.2. The predicted octanol–water partition coefficient (Wildman–Crippen LogP) is -2.78. The van der Waals surface area contributed by atoms with Crippen LogP contribution in [0.2, 0.25) is 0 Å². The van der Waals surface area contributed by atoms with Crippen LogP contribution in [0.3, 0.4) is 0 Å². The molecule has 7 rings (SSSR count). The standard InChI is InChI=1S/C31H35NO14/c32-27-16(10-33)23(38)25(40)26(41)28(45-27)44-4-3-31(29(42)46-30(31)43)9-13-6-11-5-12-8-18(35)19(24(39)22(12)37)14-1-2-17(34)20(21(13)36)15(14)7-11/h1-2,5-7,16,18-19,22-28,33-35,37-41H,3-4,8-10,32H2/b12-5-/t16?,18?,19?,22?,23?,24?,25?,26?,27-,28?/m0/s1. The maximum absolute atomic E-state index is 14.0. The van der Waals surface area contributed by atoms with Crippen molar-refractivity contribution in [2.45, 2.75) is 74.3 Å². The molecule has 9 unspecified atom stereocenters. The topological polar surface area (TPSA) is 267 Å². The summed E-state index contributed by atoms with van der Waals surface area (Å²) in [5, 5.41) is 84.1. The number of aromatic hydroxyl groups is 1. The molecule has 10 atom stereocenters. The van der Waals surface area contributed by atoms with Crippen molar-refractivity contribution in [1.29, 1.82) is 0 Å². The number of carbonyl (C=O) groups excluding carboxylic acids is 2. The second kappa shape index (κ2) is 12.0. The maximum atomic E-state index is 14.0. The van der Waals surface area contributed by atoms with Crippen LogP contribution in [0.1, 0.15) is 35.4 Å². The number of phenolic OH excluding ortho intramolecular Hbond substituents is 1. The molecule has 0 amide bonds. The normalized spacial score (nSPS) is 36.2. The van der Waals surface area contributed by atoms with Gasteiger partial charge in [-0.1, -0.05) is 12.1 Å². The van der Waals surface area contributed by atoms with Gasteiger partial charge in [0, 0.05) is 17.9 Å². The number of aliphatic hydroxyl groups excluding tert-OH is 7. The zero-order valence-corrected chi connectivity index (χ0v) is 24.3. The van der Waals surface area contributed by atoms with E-state index in [9.17, 15) is 55.2 Å². The van der Waals surface area contributed by atoms with Gasteiger partial charge < -0.3 is 60.8 Å². The van der Waals surface area contributed by atoms with E-state index in [0.717, 1.165) is 0 Å². The first-order valence-electron chi connectivity index (χ1n) is 14.8. The summed E-state index contributed by atoms with van der Waals surface area (Å²) in [5.74, 6) is -4.48. The van der Waals surface area contributed by atoms with Gasteiger partial charge >= 0.3 is 11.9 Å². The lowest BCUT2D eigenvalue weighted by molar-refractivity contribution is -0.231. The second-order valence-corrected chi connectivity index (χ2v) is 12.4. The second-order valence-electron chi connectivity index (χ2n) is 12.4. The van der Waals surface area contributed by atoms with Gasteiger partial charge in [-0.25, -0.2) is 0 Å². The molecule has 2 aromatic carbocycles. The van der Waals surface area contributed by atoms with Crippen molar-refractivity contribution >= 4 is 28.8 Å². The summed E-state index contributed by atoms with van der Waals surface area (Å²) in [4.78, 5) is 39.8. The smallest absolute Gasteiger partial charge is 0.331 e. The number of nitrogens with two attached hydrogens (primary N) is 1. The number of rotatable bonds is 7. The molecule has 46 heavy (non-hydrogen) atoms. The summed E-state index contributed by atoms with van der Waals surface area (Å²) in [7, 11) is 0. The molecule has 5 aliphatic rings. The lowest BCUT2D eigenvalue weighted by Crippen LogP contribution is -2.56. The number of cyclic esters (lactones) is 2. The molecular weight excluding hydrogens is 610 g/mol. The Morgan fingerprint density at radius 1 is 0.957 bits per heavy atom. The van der Waals surface area contributed by atoms with Gasteiger partial charge in [-0.15, -0.1) is 0 Å². The molecule has 0 radical (unpaired) electrons. The van der Waals surface area contributed by atoms with E-state index < -0.39 is 109 Å². The van der Waals surface area contributed by atoms with Crippen LogP contribution >= 0.6 is 0 Å². The van der Waals surface area contributed by atoms with Gasteiger partial charge in [0.05, 0.1) is 42.8 Å². The molecule has 10 N–H and O–H groups in total. The average molecular weight is 646 g/mol. The SMILES string of the molecule is N[C@H]1OC(OCCC2(Cc3cc4cc5c(ccc(O)c5c3=O)C3C(O)C/C(=C/4)C(O)C3O)C(=O)OC2=O)C(O)C(O)C(O)C1CO. The zero-order valence-electron chi connectivity index (χ0n) is 24.3. The fraction of sp³-hybridized carbons (Fsp3) is 0.516. The van der Waals surface area contributed by atoms with Crippen molar-refractivity contribution in [1.82, 2.24) is 0 Å². The van der Waals surface area contributed by atoms with Gasteiger partial charge in [0.1, 0.15) is 30.3 Å². The highest BCUT2D eigenvalue weighted by Gasteiger charge is 2.59. The molecule has 3 fully saturated rings. The monoisotopic (exact) mass is 645 g/mol. The summed E-state index contributed by atoms with van der Waals surface area (Å²) in [6, 6.07) is 5.65. The van der Waals surface area contributed by atoms with E-state index in [4.69, 9.17) is 15.2 Å². The number of fused-ring (bicyclic) bond motifs is 2. The summed E-state index contributed by atoms with van der Waals surface area (Å²) in [6.45, 7) is -1.12. The minimum absolute atomic E-state index is 0.0165. The molecule has 3 aliphatic carbocycles. The summed E-state index contributed by atoms with van der Waals surface area (Å²) in [5.41, 5.74) is 4.09. The number of aliphatic hydroxyl groups is 7. The Labute approximate surface area is 260 Å². The first-order chi connectivity index (χ1) is 21.8. The minimum Gasteiger partial charge on any atom is -0.507 e. The van der Waals surface area contributed by atoms with Crippen LogP contribution in [0.5, 0.6) is 5.75 Å². The fourth-order valence-electron chi connectivity index (χ4n) is 6.97. The number of carbonyl (C=O) groups is 2. The summed E-state index contributed by atoms with van der Waals surface area (Å²) >= 11 is 0. The molecule has 0 spiro atoms. The van der Waals surface area contributed by atoms with Gasteiger partial charge in [-0.05, 0) is 53.1 Å². The molecule has 2 heterocycles. The highest BCUT2D eigenvalue weighted by atomic mass is 16.7. The predicted molar refractivity (Wildman–Crippen MR) is 154 cm³/mol. The fourth-order valence-corrected chi connectivity index (χ4v) is 6.97. The van der Waals surface area contributed by atoms with E-state index in [0.29, 0.717) is 16.7 Å².